The van der Waals surface area contributed by atoms with Gasteiger partial charge in [0.25, 0.3) is 5.56 Å². The van der Waals surface area contributed by atoms with Gasteiger partial charge in [-0.1, -0.05) is 62.4 Å². The number of nitrogens with zero attached hydrogens (tertiary/aromatic N) is 3. The third kappa shape index (κ3) is 7.66. The number of carboxylic acid groups (broad SMARTS) is 1. The van der Waals surface area contributed by atoms with Gasteiger partial charge in [0.1, 0.15) is 24.7 Å². The molecule has 2 heterocycles. The van der Waals surface area contributed by atoms with Crippen molar-refractivity contribution in [3.63, 3.8) is 0 Å². The van der Waals surface area contributed by atoms with E-state index < -0.39 is 42.6 Å². The number of ether oxygens (including phenoxy) is 1. The summed E-state index contributed by atoms with van der Waals surface area (Å²) in [6, 6.07) is 15.8. The Kier molecular flexibility index (Phi) is 9.19. The van der Waals surface area contributed by atoms with Gasteiger partial charge >= 0.3 is 19.7 Å². The summed E-state index contributed by atoms with van der Waals surface area (Å²) in [6.07, 6.45) is 3.43. The number of aromatic amines is 1. The number of anilines is 1. The summed E-state index contributed by atoms with van der Waals surface area (Å²) in [4.78, 5) is 47.6. The summed E-state index contributed by atoms with van der Waals surface area (Å²) >= 11 is 0. The first-order valence-electron chi connectivity index (χ1n) is 14.1. The molecule has 1 aliphatic rings. The van der Waals surface area contributed by atoms with Gasteiger partial charge in [-0.15, -0.1) is 0 Å². The van der Waals surface area contributed by atoms with Crippen LogP contribution in [0.1, 0.15) is 25.8 Å². The Hall–Kier alpha value is -4.78. The van der Waals surface area contributed by atoms with Crippen molar-refractivity contribution in [1.29, 1.82) is 0 Å². The molecule has 14 nitrogen and oxygen atoms in total. The van der Waals surface area contributed by atoms with Crippen LogP contribution < -0.4 is 20.9 Å². The molecule has 0 amide bonds. The number of nitrogens with two attached hydrogens (primary N) is 1. The minimum absolute atomic E-state index is 0.00688. The minimum Gasteiger partial charge on any atom is -0.480 e. The van der Waals surface area contributed by atoms with Gasteiger partial charge in [-0.05, 0) is 36.1 Å². The summed E-state index contributed by atoms with van der Waals surface area (Å²) in [5, 5.41) is 12.6. The van der Waals surface area contributed by atoms with E-state index in [1.165, 1.54) is 10.9 Å². The van der Waals surface area contributed by atoms with Crippen molar-refractivity contribution in [2.75, 3.05) is 18.9 Å². The average molecular weight is 637 g/mol. The highest BCUT2D eigenvalue weighted by atomic mass is 31.2. The normalized spacial score (nSPS) is 18.9. The number of esters is 1. The van der Waals surface area contributed by atoms with Gasteiger partial charge in [0.15, 0.2) is 11.2 Å². The highest BCUT2D eigenvalue weighted by molar-refractivity contribution is 7.52. The van der Waals surface area contributed by atoms with Crippen LogP contribution in [0.4, 0.5) is 5.95 Å². The summed E-state index contributed by atoms with van der Waals surface area (Å²) in [5.74, 6) is -1.97. The number of hydrogen-bond acceptors (Lipinski definition) is 10. The molecule has 4 aromatic rings. The number of rotatable bonds is 14. The standard InChI is InChI=1S/C30H33N6O8P/c1-19(2)28(40)42-16-30(14-21(30)15-36-18-32-24-25(36)33-29(31)34-26(24)37)17-43-45(41,44-22-11-7-4-8-12-22)35-23(27(38)39)13-20-9-5-3-6-10-20/h3-12,15,18-19,23H,13-14,16-17H2,1-2H3,(H,35,41)(H,38,39)(H3,31,33,34,37)/b21-15-/t23-,30?,45-/m0/s1. The SMILES string of the molecule is CC(C)C(=O)OCC1(CO[P@@](=O)(N[C@@H](Cc2ccccc2)C(=O)O)Oc2ccccc2)C/C1=C/n1cnc2c(=O)[nH]c(N)nc21. The molecular weight excluding hydrogens is 603 g/mol. The molecule has 2 aromatic heterocycles. The van der Waals surface area contributed by atoms with Crippen molar-refractivity contribution in [3.8, 4) is 5.75 Å². The Bertz CT molecular complexity index is 1820. The van der Waals surface area contributed by atoms with Crippen LogP contribution in [0.2, 0.25) is 0 Å². The van der Waals surface area contributed by atoms with E-state index in [-0.39, 0.29) is 42.5 Å². The zero-order chi connectivity index (χ0) is 32.2. The smallest absolute Gasteiger partial charge is 0.459 e. The Morgan fingerprint density at radius 2 is 1.84 bits per heavy atom. The Morgan fingerprint density at radius 1 is 1.16 bits per heavy atom. The molecule has 2 aromatic carbocycles. The number of benzene rings is 2. The van der Waals surface area contributed by atoms with Crippen molar-refractivity contribution >= 4 is 43.0 Å². The summed E-state index contributed by atoms with van der Waals surface area (Å²) in [5.41, 5.74) is 6.00. The van der Waals surface area contributed by atoms with Crippen LogP contribution in [0.25, 0.3) is 17.4 Å². The Labute approximate surface area is 257 Å². The van der Waals surface area contributed by atoms with Gasteiger partial charge in [-0.3, -0.25) is 28.5 Å². The fourth-order valence-corrected chi connectivity index (χ4v) is 6.14. The molecule has 1 unspecified atom stereocenters. The molecular formula is C30H33N6O8P. The number of H-pyrrole nitrogens is 1. The van der Waals surface area contributed by atoms with Crippen molar-refractivity contribution in [3.05, 3.63) is 88.5 Å². The summed E-state index contributed by atoms with van der Waals surface area (Å²) in [6.45, 7) is 3.02. The molecule has 3 atom stereocenters. The maximum absolute atomic E-state index is 14.3. The monoisotopic (exact) mass is 636 g/mol. The molecule has 1 fully saturated rings. The number of aliphatic carboxylic acids is 1. The predicted octanol–water partition coefficient (Wildman–Crippen LogP) is 3.62. The van der Waals surface area contributed by atoms with Crippen LogP contribution in [0.5, 0.6) is 5.75 Å². The minimum atomic E-state index is -4.35. The first kappa shape index (κ1) is 31.6. The highest BCUT2D eigenvalue weighted by Gasteiger charge is 2.52. The van der Waals surface area contributed by atoms with Crippen molar-refractivity contribution < 1.29 is 33.0 Å². The van der Waals surface area contributed by atoms with Crippen LogP contribution >= 0.6 is 7.75 Å². The number of carbonyl (C=O) groups excluding carboxylic acids is 1. The molecule has 236 valence electrons. The molecule has 5 N–H and O–H groups in total. The second kappa shape index (κ2) is 13.1. The highest BCUT2D eigenvalue weighted by Crippen LogP contribution is 2.56. The first-order chi connectivity index (χ1) is 21.5. The molecule has 1 aliphatic carbocycles. The topological polar surface area (TPSA) is 201 Å². The van der Waals surface area contributed by atoms with Crippen LogP contribution in [0.15, 0.2) is 77.4 Å². The second-order valence-electron chi connectivity index (χ2n) is 11.0. The lowest BCUT2D eigenvalue weighted by Gasteiger charge is -2.25. The number of fused-ring (bicyclic) bond motifs is 1. The third-order valence-electron chi connectivity index (χ3n) is 7.17. The zero-order valence-electron chi connectivity index (χ0n) is 24.6. The quantitative estimate of drug-likeness (QED) is 0.116. The average Bonchev–Trinajstić information content (AvgIpc) is 3.54. The number of imidazole rings is 1. The van der Waals surface area contributed by atoms with Crippen molar-refractivity contribution in [2.24, 2.45) is 11.3 Å². The Balaban J connectivity index is 1.44. The number of aromatic nitrogens is 4. The van der Waals surface area contributed by atoms with E-state index in [0.29, 0.717) is 17.6 Å². The van der Waals surface area contributed by atoms with E-state index in [1.54, 1.807) is 80.7 Å². The maximum Gasteiger partial charge on any atom is 0.459 e. The second-order valence-corrected chi connectivity index (χ2v) is 12.7. The molecule has 1 saturated carbocycles. The number of nitrogens with one attached hydrogen (secondary N) is 2. The van der Waals surface area contributed by atoms with E-state index in [9.17, 15) is 24.1 Å². The molecule has 0 radical (unpaired) electrons. The van der Waals surface area contributed by atoms with Gasteiger partial charge in [0, 0.05) is 6.20 Å². The summed E-state index contributed by atoms with van der Waals surface area (Å²) in [7, 11) is -4.35. The number of hydrogen-bond donors (Lipinski definition) is 4. The van der Waals surface area contributed by atoms with Crippen LogP contribution in [0.3, 0.4) is 0 Å². The van der Waals surface area contributed by atoms with Gasteiger partial charge in [-0.2, -0.15) is 10.1 Å². The number of carboxylic acids is 1. The molecule has 0 saturated heterocycles. The first-order valence-corrected chi connectivity index (χ1v) is 15.7. The van der Waals surface area contributed by atoms with Crippen molar-refractivity contribution in [2.45, 2.75) is 32.7 Å². The van der Waals surface area contributed by atoms with E-state index in [4.69, 9.17) is 19.5 Å². The lowest BCUT2D eigenvalue weighted by atomic mass is 10.1. The van der Waals surface area contributed by atoms with Gasteiger partial charge in [0.05, 0.1) is 17.9 Å². The fourth-order valence-electron chi connectivity index (χ4n) is 4.56. The molecule has 0 aliphatic heterocycles. The number of carbonyl (C=O) groups is 2. The lowest BCUT2D eigenvalue weighted by molar-refractivity contribution is -0.149. The van der Waals surface area contributed by atoms with E-state index in [0.717, 1.165) is 0 Å². The number of nitrogen functional groups attached to an aromatic ring is 1. The third-order valence-corrected chi connectivity index (χ3v) is 8.72. The number of para-hydroxylation sites is 1. The molecule has 0 spiro atoms. The lowest BCUT2D eigenvalue weighted by Crippen LogP contribution is -2.38. The van der Waals surface area contributed by atoms with E-state index in [1.807, 2.05) is 0 Å². The van der Waals surface area contributed by atoms with Gasteiger partial charge in [-0.25, -0.2) is 9.55 Å². The Morgan fingerprint density at radius 3 is 2.51 bits per heavy atom. The van der Waals surface area contributed by atoms with Gasteiger partial charge < -0.3 is 20.1 Å². The predicted molar refractivity (Wildman–Crippen MR) is 165 cm³/mol. The van der Waals surface area contributed by atoms with Crippen molar-refractivity contribution in [1.82, 2.24) is 24.6 Å². The maximum atomic E-state index is 14.3. The fraction of sp³-hybridized carbons (Fsp3) is 0.300. The molecule has 15 heteroatoms. The van der Waals surface area contributed by atoms with E-state index in [2.05, 4.69) is 20.0 Å². The largest absolute Gasteiger partial charge is 0.480 e. The molecule has 0 bridgehead atoms. The van der Waals surface area contributed by atoms with Crippen LogP contribution in [0, 0.1) is 11.3 Å². The molecule has 45 heavy (non-hydrogen) atoms. The van der Waals surface area contributed by atoms with Gasteiger partial charge in [0.2, 0.25) is 5.95 Å². The van der Waals surface area contributed by atoms with E-state index >= 15 is 0 Å². The molecule has 5 rings (SSSR count). The van der Waals surface area contributed by atoms with Crippen LogP contribution in [-0.2, 0) is 29.8 Å². The zero-order valence-corrected chi connectivity index (χ0v) is 25.5. The van der Waals surface area contributed by atoms with Crippen LogP contribution in [-0.4, -0.2) is 55.8 Å². The summed E-state index contributed by atoms with van der Waals surface area (Å²) < 4.78 is 33.1.